The minimum atomic E-state index is -0.507. The number of carbonyl (C=O) groups is 1. The molecule has 0 unspecified atom stereocenters. The molecule has 126 valence electrons. The van der Waals surface area contributed by atoms with Gasteiger partial charge in [0.15, 0.2) is 5.17 Å². The van der Waals surface area contributed by atoms with E-state index in [1.165, 1.54) is 36.2 Å². The maximum atomic E-state index is 11.2. The molecule has 2 aromatic rings. The van der Waals surface area contributed by atoms with Crippen LogP contribution < -0.4 is 10.1 Å². The first-order chi connectivity index (χ1) is 12.1. The lowest BCUT2D eigenvalue weighted by molar-refractivity contribution is -0.385. The van der Waals surface area contributed by atoms with E-state index < -0.39 is 4.92 Å². The van der Waals surface area contributed by atoms with E-state index in [4.69, 9.17) is 4.74 Å². The van der Waals surface area contributed by atoms with Crippen LogP contribution in [0.4, 0.5) is 5.69 Å². The van der Waals surface area contributed by atoms with Crippen molar-refractivity contribution in [2.24, 2.45) is 10.2 Å². The van der Waals surface area contributed by atoms with Crippen LogP contribution in [0.1, 0.15) is 5.56 Å². The molecule has 1 saturated heterocycles. The fraction of sp³-hybridized carbons (Fsp3) is 0.0625. The first-order valence-corrected chi connectivity index (χ1v) is 8.15. The zero-order valence-corrected chi connectivity index (χ0v) is 13.6. The number of amides is 1. The molecular formula is C16H12N4O4S. The lowest BCUT2D eigenvalue weighted by Gasteiger charge is -2.06. The lowest BCUT2D eigenvalue weighted by atomic mass is 10.2. The molecule has 1 N–H and O–H groups in total. The summed E-state index contributed by atoms with van der Waals surface area (Å²) < 4.78 is 5.67. The standard InChI is InChI=1S/C16H12N4O4S/c21-15-10-25-16(18-15)19-17-9-11-8-13(6-7-14(11)20(22)23)24-12-4-2-1-3-5-12/h1-9H,10H2,(H,18,19,21). The van der Waals surface area contributed by atoms with Gasteiger partial charge >= 0.3 is 0 Å². The number of ether oxygens (including phenoxy) is 1. The zero-order valence-electron chi connectivity index (χ0n) is 12.8. The molecule has 3 rings (SSSR count). The quantitative estimate of drug-likeness (QED) is 0.504. The third kappa shape index (κ3) is 4.42. The molecule has 0 aliphatic carbocycles. The van der Waals surface area contributed by atoms with Crippen LogP contribution in [0.5, 0.6) is 11.5 Å². The van der Waals surface area contributed by atoms with E-state index in [1.54, 1.807) is 12.1 Å². The molecular weight excluding hydrogens is 344 g/mol. The summed E-state index contributed by atoms with van der Waals surface area (Å²) >= 11 is 1.22. The predicted molar refractivity (Wildman–Crippen MR) is 95.2 cm³/mol. The van der Waals surface area contributed by atoms with E-state index in [0.717, 1.165) is 0 Å². The van der Waals surface area contributed by atoms with E-state index in [1.807, 2.05) is 18.2 Å². The number of nitrogens with one attached hydrogen (secondary N) is 1. The number of thioether (sulfide) groups is 1. The third-order valence-corrected chi connectivity index (χ3v) is 3.97. The predicted octanol–water partition coefficient (Wildman–Crippen LogP) is 2.94. The van der Waals surface area contributed by atoms with Crippen LogP contribution in [0.15, 0.2) is 58.7 Å². The second kappa shape index (κ2) is 7.58. The first-order valence-electron chi connectivity index (χ1n) is 7.17. The molecule has 1 amide bonds. The van der Waals surface area contributed by atoms with Crippen LogP contribution in [0.2, 0.25) is 0 Å². The molecule has 0 aromatic heterocycles. The summed E-state index contributed by atoms with van der Waals surface area (Å²) in [4.78, 5) is 21.7. The number of nitro benzene ring substituents is 1. The van der Waals surface area contributed by atoms with Gasteiger partial charge in [0.1, 0.15) is 11.5 Å². The summed E-state index contributed by atoms with van der Waals surface area (Å²) in [6.45, 7) is 0. The Kier molecular flexibility index (Phi) is 5.05. The van der Waals surface area contributed by atoms with Crippen molar-refractivity contribution in [3.63, 3.8) is 0 Å². The molecule has 9 heteroatoms. The number of benzene rings is 2. The minimum Gasteiger partial charge on any atom is -0.457 e. The van der Waals surface area contributed by atoms with Gasteiger partial charge in [-0.1, -0.05) is 30.0 Å². The average molecular weight is 356 g/mol. The molecule has 1 fully saturated rings. The van der Waals surface area contributed by atoms with E-state index >= 15 is 0 Å². The number of rotatable bonds is 5. The summed E-state index contributed by atoms with van der Waals surface area (Å²) in [6, 6.07) is 13.4. The summed E-state index contributed by atoms with van der Waals surface area (Å²) in [7, 11) is 0. The third-order valence-electron chi connectivity index (χ3n) is 3.11. The van der Waals surface area contributed by atoms with Gasteiger partial charge in [-0.05, 0) is 24.3 Å². The van der Waals surface area contributed by atoms with Crippen LogP contribution >= 0.6 is 11.8 Å². The van der Waals surface area contributed by atoms with Crippen LogP contribution in [-0.4, -0.2) is 28.0 Å². The van der Waals surface area contributed by atoms with Crippen molar-refractivity contribution in [2.75, 3.05) is 5.75 Å². The molecule has 0 radical (unpaired) electrons. The van der Waals surface area contributed by atoms with Gasteiger partial charge in [-0.3, -0.25) is 14.9 Å². The van der Waals surface area contributed by atoms with Crippen LogP contribution in [-0.2, 0) is 4.79 Å². The minimum absolute atomic E-state index is 0.118. The van der Waals surface area contributed by atoms with Gasteiger partial charge in [0.25, 0.3) is 5.69 Å². The molecule has 2 aromatic carbocycles. The molecule has 0 spiro atoms. The molecule has 8 nitrogen and oxygen atoms in total. The van der Waals surface area contributed by atoms with Crippen molar-refractivity contribution < 1.29 is 14.5 Å². The maximum absolute atomic E-state index is 11.2. The van der Waals surface area contributed by atoms with Crippen molar-refractivity contribution in [3.05, 3.63) is 64.2 Å². The van der Waals surface area contributed by atoms with E-state index in [9.17, 15) is 14.9 Å². The van der Waals surface area contributed by atoms with Crippen molar-refractivity contribution in [2.45, 2.75) is 0 Å². The average Bonchev–Trinajstić information content (AvgIpc) is 3.01. The second-order valence-corrected chi connectivity index (χ2v) is 5.84. The first kappa shape index (κ1) is 16.7. The van der Waals surface area contributed by atoms with Crippen molar-refractivity contribution in [1.82, 2.24) is 5.32 Å². The van der Waals surface area contributed by atoms with E-state index in [2.05, 4.69) is 15.5 Å². The van der Waals surface area contributed by atoms with Crippen LogP contribution in [0, 0.1) is 10.1 Å². The van der Waals surface area contributed by atoms with Crippen molar-refractivity contribution in [3.8, 4) is 11.5 Å². The number of nitro groups is 1. The molecule has 1 aliphatic heterocycles. The van der Waals surface area contributed by atoms with Gasteiger partial charge in [0.05, 0.1) is 22.5 Å². The van der Waals surface area contributed by atoms with Crippen molar-refractivity contribution in [1.29, 1.82) is 0 Å². The molecule has 0 saturated carbocycles. The molecule has 25 heavy (non-hydrogen) atoms. The summed E-state index contributed by atoms with van der Waals surface area (Å²) in [5.41, 5.74) is 0.129. The van der Waals surface area contributed by atoms with Gasteiger partial charge in [0, 0.05) is 6.07 Å². The van der Waals surface area contributed by atoms with Gasteiger partial charge in [-0.25, -0.2) is 0 Å². The highest BCUT2D eigenvalue weighted by atomic mass is 32.2. The van der Waals surface area contributed by atoms with Gasteiger partial charge in [-0.2, -0.15) is 5.10 Å². The lowest BCUT2D eigenvalue weighted by Crippen LogP contribution is -2.19. The highest BCUT2D eigenvalue weighted by Crippen LogP contribution is 2.26. The van der Waals surface area contributed by atoms with Gasteiger partial charge in [0.2, 0.25) is 5.91 Å². The Hall–Kier alpha value is -3.20. The fourth-order valence-corrected chi connectivity index (χ4v) is 2.64. The van der Waals surface area contributed by atoms with Crippen molar-refractivity contribution >= 4 is 34.7 Å². The van der Waals surface area contributed by atoms with Gasteiger partial charge in [-0.15, -0.1) is 5.10 Å². The number of carbonyl (C=O) groups excluding carboxylic acids is 1. The normalized spacial score (nSPS) is 15.5. The molecule has 0 atom stereocenters. The Morgan fingerprint density at radius 1 is 1.20 bits per heavy atom. The Bertz CT molecular complexity index is 868. The van der Waals surface area contributed by atoms with Crippen LogP contribution in [0.25, 0.3) is 0 Å². The Balaban J connectivity index is 1.83. The number of para-hydroxylation sites is 1. The summed E-state index contributed by atoms with van der Waals surface area (Å²) in [5, 5.41) is 21.7. The van der Waals surface area contributed by atoms with Gasteiger partial charge < -0.3 is 10.1 Å². The number of hydrogen-bond donors (Lipinski definition) is 1. The fourth-order valence-electron chi connectivity index (χ4n) is 2.01. The molecule has 1 aliphatic rings. The monoisotopic (exact) mass is 356 g/mol. The molecule has 0 bridgehead atoms. The highest BCUT2D eigenvalue weighted by Gasteiger charge is 2.16. The zero-order chi connectivity index (χ0) is 17.6. The Morgan fingerprint density at radius 2 is 2.00 bits per heavy atom. The Labute approximate surface area is 146 Å². The Morgan fingerprint density at radius 3 is 2.68 bits per heavy atom. The molecule has 1 heterocycles. The maximum Gasteiger partial charge on any atom is 0.278 e. The van der Waals surface area contributed by atoms with Crippen LogP contribution in [0.3, 0.4) is 0 Å². The number of amidine groups is 1. The van der Waals surface area contributed by atoms with E-state index in [0.29, 0.717) is 16.7 Å². The highest BCUT2D eigenvalue weighted by molar-refractivity contribution is 8.15. The SMILES string of the molecule is O=C1CSC(=NN=Cc2cc(Oc3ccccc3)ccc2[N+](=O)[O-])N1. The number of hydrogen-bond acceptors (Lipinski definition) is 7. The smallest absolute Gasteiger partial charge is 0.278 e. The topological polar surface area (TPSA) is 106 Å². The number of nitrogens with zero attached hydrogens (tertiary/aromatic N) is 3. The van der Waals surface area contributed by atoms with E-state index in [-0.39, 0.29) is 22.9 Å². The summed E-state index contributed by atoms with van der Waals surface area (Å²) in [5.74, 6) is 1.19. The second-order valence-electron chi connectivity index (χ2n) is 4.88. The summed E-state index contributed by atoms with van der Waals surface area (Å²) in [6.07, 6.45) is 1.26. The largest absolute Gasteiger partial charge is 0.457 e.